The van der Waals surface area contributed by atoms with Crippen LogP contribution in [0.15, 0.2) is 59.6 Å². The van der Waals surface area contributed by atoms with Crippen LogP contribution in [-0.4, -0.2) is 58.8 Å². The van der Waals surface area contributed by atoms with Gasteiger partial charge in [0, 0.05) is 37.6 Å². The number of aromatic nitrogens is 2. The largest absolute Gasteiger partial charge is 0.444 e. The highest BCUT2D eigenvalue weighted by Gasteiger charge is 2.47. The molecular weight excluding hydrogens is 586 g/mol. The fraction of sp³-hybridized carbons (Fsp3) is 0.375. The van der Waals surface area contributed by atoms with Crippen molar-refractivity contribution in [1.82, 2.24) is 20.2 Å². The number of nitrogens with one attached hydrogen (secondary N) is 3. The van der Waals surface area contributed by atoms with Gasteiger partial charge in [0.1, 0.15) is 11.4 Å². The molecule has 3 N–H and O–H groups in total. The molecule has 0 radical (unpaired) electrons. The third-order valence-corrected chi connectivity index (χ3v) is 7.64. The number of aryl methyl sites for hydroxylation is 2. The molecule has 1 amide bonds. The van der Waals surface area contributed by atoms with Crippen molar-refractivity contribution in [3.05, 3.63) is 76.3 Å². The number of allylic oxidation sites excluding steroid dienone is 1. The standard InChI is InChI=1S/C32H38F2N6O3S/c1-20-8-7-9-21(2)28(20)26-16-27(38-29(37-26)39-44-24(17-35)18-36-6)42-23-12-10-22(11-13-23)25-14-15-40(19-32(25,33)34)30(41)43-31(3,4)5/h7-13,16-18,25,35-36H,14-15,19H2,1-6H3,(H,37,38,39)/b24-18+,35-17?. The van der Waals surface area contributed by atoms with Gasteiger partial charge in [-0.2, -0.15) is 4.98 Å². The van der Waals surface area contributed by atoms with Crippen molar-refractivity contribution in [3.63, 3.8) is 0 Å². The van der Waals surface area contributed by atoms with E-state index in [2.05, 4.69) is 15.0 Å². The first-order chi connectivity index (χ1) is 20.8. The van der Waals surface area contributed by atoms with Crippen molar-refractivity contribution >= 4 is 30.2 Å². The average molecular weight is 625 g/mol. The lowest BCUT2D eigenvalue weighted by Crippen LogP contribution is -2.50. The molecule has 1 saturated heterocycles. The van der Waals surface area contributed by atoms with Gasteiger partial charge in [0.15, 0.2) is 0 Å². The molecule has 44 heavy (non-hydrogen) atoms. The highest BCUT2D eigenvalue weighted by Crippen LogP contribution is 2.41. The number of hydrogen-bond acceptors (Lipinski definition) is 9. The molecule has 1 atom stereocenters. The number of halogens is 2. The Labute approximate surface area is 261 Å². The lowest BCUT2D eigenvalue weighted by Gasteiger charge is -2.39. The van der Waals surface area contributed by atoms with E-state index in [1.54, 1.807) is 64.4 Å². The number of carbonyl (C=O) groups excluding carboxylic acids is 1. The Bertz CT molecular complexity index is 1510. The number of alkyl halides is 2. The molecule has 9 nitrogen and oxygen atoms in total. The van der Waals surface area contributed by atoms with Crippen molar-refractivity contribution < 1.29 is 23.0 Å². The van der Waals surface area contributed by atoms with Crippen LogP contribution in [-0.2, 0) is 4.74 Å². The van der Waals surface area contributed by atoms with Gasteiger partial charge in [0.05, 0.1) is 23.1 Å². The lowest BCUT2D eigenvalue weighted by atomic mass is 9.86. The summed E-state index contributed by atoms with van der Waals surface area (Å²) in [6.45, 7) is 8.59. The molecule has 0 spiro atoms. The maximum absolute atomic E-state index is 15.2. The number of piperidine rings is 1. The molecule has 1 fully saturated rings. The molecule has 2 heterocycles. The fourth-order valence-corrected chi connectivity index (χ4v) is 5.47. The van der Waals surface area contributed by atoms with Crippen LogP contribution in [0.2, 0.25) is 0 Å². The van der Waals surface area contributed by atoms with Crippen LogP contribution >= 0.6 is 11.9 Å². The Morgan fingerprint density at radius 3 is 2.41 bits per heavy atom. The van der Waals surface area contributed by atoms with E-state index >= 15 is 8.78 Å². The van der Waals surface area contributed by atoms with Gasteiger partial charge in [-0.05, 0) is 81.8 Å². The first-order valence-electron chi connectivity index (χ1n) is 14.2. The average Bonchev–Trinajstić information content (AvgIpc) is 2.94. The van der Waals surface area contributed by atoms with Gasteiger partial charge in [-0.3, -0.25) is 4.72 Å². The van der Waals surface area contributed by atoms with E-state index in [4.69, 9.17) is 19.9 Å². The number of ether oxygens (including phenoxy) is 2. The van der Waals surface area contributed by atoms with Gasteiger partial charge in [0.2, 0.25) is 11.8 Å². The summed E-state index contributed by atoms with van der Waals surface area (Å²) < 4.78 is 44.9. The molecule has 1 aliphatic heterocycles. The summed E-state index contributed by atoms with van der Waals surface area (Å²) in [5.41, 5.74) is 3.36. The van der Waals surface area contributed by atoms with Crippen LogP contribution in [0.4, 0.5) is 19.5 Å². The maximum Gasteiger partial charge on any atom is 0.410 e. The monoisotopic (exact) mass is 624 g/mol. The minimum Gasteiger partial charge on any atom is -0.444 e. The molecule has 12 heteroatoms. The topological polar surface area (TPSA) is 112 Å². The van der Waals surface area contributed by atoms with Crippen molar-refractivity contribution in [1.29, 1.82) is 5.41 Å². The van der Waals surface area contributed by atoms with E-state index in [0.717, 1.165) is 21.6 Å². The molecule has 0 bridgehead atoms. The Morgan fingerprint density at radius 1 is 1.14 bits per heavy atom. The molecule has 234 valence electrons. The summed E-state index contributed by atoms with van der Waals surface area (Å²) in [6.07, 6.45) is 2.24. The second-order valence-corrected chi connectivity index (χ2v) is 12.4. The second kappa shape index (κ2) is 13.6. The Balaban J connectivity index is 1.55. The van der Waals surface area contributed by atoms with Crippen LogP contribution in [0.25, 0.3) is 11.3 Å². The molecule has 0 saturated carbocycles. The Hall–Kier alpha value is -4.19. The molecule has 4 rings (SSSR count). The summed E-state index contributed by atoms with van der Waals surface area (Å²) in [7, 11) is 1.74. The van der Waals surface area contributed by atoms with Crippen molar-refractivity contribution in [2.45, 2.75) is 58.5 Å². The summed E-state index contributed by atoms with van der Waals surface area (Å²) in [5, 5.41) is 10.5. The lowest BCUT2D eigenvalue weighted by molar-refractivity contribution is -0.0848. The molecule has 1 aromatic heterocycles. The van der Waals surface area contributed by atoms with Gasteiger partial charge < -0.3 is 25.1 Å². The molecule has 0 aliphatic carbocycles. The number of likely N-dealkylation sites (tertiary alicyclic amines) is 1. The highest BCUT2D eigenvalue weighted by molar-refractivity contribution is 8.05. The quantitative estimate of drug-likeness (QED) is 0.164. The fourth-order valence-electron chi connectivity index (χ4n) is 4.94. The number of anilines is 1. The molecule has 1 aliphatic rings. The highest BCUT2D eigenvalue weighted by atomic mass is 32.2. The molecule has 1 unspecified atom stereocenters. The number of rotatable bonds is 9. The SMILES string of the molecule is CN/C=C(\C=N)SNc1nc(Oc2ccc(C3CCN(C(=O)OC(C)(C)C)CC3(F)F)cc2)cc(-c2c(C)cccc2C)n1. The number of hydrogen-bond donors (Lipinski definition) is 3. The van der Waals surface area contributed by atoms with Crippen LogP contribution < -0.4 is 14.8 Å². The number of benzene rings is 2. The number of amides is 1. The summed E-state index contributed by atoms with van der Waals surface area (Å²) in [6, 6.07) is 14.2. The van der Waals surface area contributed by atoms with E-state index in [0.29, 0.717) is 21.9 Å². The third-order valence-electron chi connectivity index (χ3n) is 6.88. The third kappa shape index (κ3) is 8.25. The molecule has 3 aromatic rings. The van der Waals surface area contributed by atoms with Gasteiger partial charge in [0.25, 0.3) is 5.92 Å². The van der Waals surface area contributed by atoms with Gasteiger partial charge in [-0.15, -0.1) is 0 Å². The van der Waals surface area contributed by atoms with Gasteiger partial charge >= 0.3 is 6.09 Å². The maximum atomic E-state index is 15.2. The van der Waals surface area contributed by atoms with Crippen molar-refractivity contribution in [2.24, 2.45) is 0 Å². The van der Waals surface area contributed by atoms with Crippen molar-refractivity contribution in [3.8, 4) is 22.9 Å². The van der Waals surface area contributed by atoms with E-state index < -0.39 is 30.1 Å². The zero-order chi connectivity index (χ0) is 32.1. The smallest absolute Gasteiger partial charge is 0.410 e. The van der Waals surface area contributed by atoms with E-state index in [1.807, 2.05) is 32.0 Å². The first-order valence-corrected chi connectivity index (χ1v) is 15.0. The van der Waals surface area contributed by atoms with Crippen LogP contribution in [0, 0.1) is 19.3 Å². The Morgan fingerprint density at radius 2 is 1.82 bits per heavy atom. The summed E-state index contributed by atoms with van der Waals surface area (Å²) in [4.78, 5) is 23.3. The first kappa shape index (κ1) is 32.7. The normalized spacial score (nSPS) is 16.7. The van der Waals surface area contributed by atoms with Crippen molar-refractivity contribution in [2.75, 3.05) is 24.9 Å². The summed E-state index contributed by atoms with van der Waals surface area (Å²) >= 11 is 1.17. The predicted molar refractivity (Wildman–Crippen MR) is 171 cm³/mol. The molecular formula is C32H38F2N6O3S. The second-order valence-electron chi connectivity index (χ2n) is 11.5. The molecule has 2 aromatic carbocycles. The van der Waals surface area contributed by atoms with E-state index in [-0.39, 0.29) is 24.8 Å². The zero-order valence-electron chi connectivity index (χ0n) is 25.7. The number of nitrogens with zero attached hydrogens (tertiary/aromatic N) is 3. The van der Waals surface area contributed by atoms with E-state index in [1.165, 1.54) is 18.2 Å². The van der Waals surface area contributed by atoms with Crippen LogP contribution in [0.1, 0.15) is 49.8 Å². The Kier molecular flexibility index (Phi) is 10.1. The zero-order valence-corrected chi connectivity index (χ0v) is 26.5. The summed E-state index contributed by atoms with van der Waals surface area (Å²) in [5.74, 6) is -3.21. The van der Waals surface area contributed by atoms with Gasteiger partial charge in [-0.1, -0.05) is 30.3 Å². The number of carbonyl (C=O) groups is 1. The predicted octanol–water partition coefficient (Wildman–Crippen LogP) is 7.68. The van der Waals surface area contributed by atoms with Crippen LogP contribution in [0.3, 0.4) is 0 Å². The van der Waals surface area contributed by atoms with E-state index in [9.17, 15) is 4.79 Å². The minimum absolute atomic E-state index is 0.101. The van der Waals surface area contributed by atoms with Crippen LogP contribution in [0.5, 0.6) is 11.6 Å². The minimum atomic E-state index is -3.13. The van der Waals surface area contributed by atoms with Gasteiger partial charge in [-0.25, -0.2) is 18.6 Å².